The smallest absolute Gasteiger partial charge is 0.422 e. The van der Waals surface area contributed by atoms with Gasteiger partial charge in [-0.3, -0.25) is 4.79 Å². The minimum absolute atomic E-state index is 0. The summed E-state index contributed by atoms with van der Waals surface area (Å²) in [7, 11) is 1.16. The monoisotopic (exact) mass is 428 g/mol. The van der Waals surface area contributed by atoms with Gasteiger partial charge in [-0.15, -0.1) is 12.4 Å². The number of thioether (sulfide) groups is 1. The zero-order chi connectivity index (χ0) is 19.2. The van der Waals surface area contributed by atoms with Crippen molar-refractivity contribution >= 4 is 41.7 Å². The van der Waals surface area contributed by atoms with Gasteiger partial charge in [0.25, 0.3) is 0 Å². The molecule has 1 aromatic rings. The number of esters is 1. The molecule has 11 heteroatoms. The van der Waals surface area contributed by atoms with Gasteiger partial charge in [-0.1, -0.05) is 0 Å². The maximum atomic E-state index is 12.5. The van der Waals surface area contributed by atoms with E-state index in [1.165, 1.54) is 12.1 Å². The Hall–Kier alpha value is -1.65. The molecule has 6 nitrogen and oxygen atoms in total. The molecule has 1 amide bonds. The average molecular weight is 429 g/mol. The second kappa shape index (κ2) is 10.6. The third-order valence-electron chi connectivity index (χ3n) is 3.50. The topological polar surface area (TPSA) is 76.7 Å². The van der Waals surface area contributed by atoms with Crippen LogP contribution in [0.15, 0.2) is 18.2 Å². The molecular formula is C16H20ClF3N2O4S. The predicted molar refractivity (Wildman–Crippen MR) is 98.9 cm³/mol. The van der Waals surface area contributed by atoms with Gasteiger partial charge in [0, 0.05) is 30.5 Å². The third-order valence-corrected chi connectivity index (χ3v) is 4.63. The summed E-state index contributed by atoms with van der Waals surface area (Å²) in [4.78, 5) is 23.7. The van der Waals surface area contributed by atoms with E-state index >= 15 is 0 Å². The molecule has 1 atom stereocenters. The molecular weight excluding hydrogens is 409 g/mol. The average Bonchev–Trinajstić information content (AvgIpc) is 2.60. The zero-order valence-corrected chi connectivity index (χ0v) is 16.1. The number of anilines is 1. The summed E-state index contributed by atoms with van der Waals surface area (Å²) < 4.78 is 46.7. The molecule has 1 aliphatic rings. The highest BCUT2D eigenvalue weighted by atomic mass is 35.5. The number of ether oxygens (including phenoxy) is 2. The number of hydrogen-bond acceptors (Lipinski definition) is 6. The minimum Gasteiger partial charge on any atom is -0.482 e. The Balaban J connectivity index is 0.00000364. The van der Waals surface area contributed by atoms with Crippen molar-refractivity contribution in [3.05, 3.63) is 23.8 Å². The van der Waals surface area contributed by atoms with Crippen molar-refractivity contribution in [3.8, 4) is 5.75 Å². The Labute approximate surface area is 164 Å². The number of halogens is 4. The van der Waals surface area contributed by atoms with Gasteiger partial charge in [0.15, 0.2) is 6.61 Å². The van der Waals surface area contributed by atoms with Crippen LogP contribution >= 0.6 is 24.2 Å². The molecule has 0 bridgehead atoms. The molecule has 1 aliphatic heterocycles. The van der Waals surface area contributed by atoms with Crippen LogP contribution in [0.2, 0.25) is 0 Å². The molecule has 2 rings (SSSR count). The van der Waals surface area contributed by atoms with E-state index in [2.05, 4.69) is 15.4 Å². The summed E-state index contributed by atoms with van der Waals surface area (Å²) in [5.74, 6) is 0.440. The SMILES string of the molecule is COC(=O)c1ccc(NC(=O)CC2CSCCN2)c(OCC(F)(F)F)c1.Cl. The fourth-order valence-electron chi connectivity index (χ4n) is 2.33. The van der Waals surface area contributed by atoms with Gasteiger partial charge in [-0.25, -0.2) is 4.79 Å². The highest BCUT2D eigenvalue weighted by Gasteiger charge is 2.29. The summed E-state index contributed by atoms with van der Waals surface area (Å²) in [6, 6.07) is 3.78. The van der Waals surface area contributed by atoms with Gasteiger partial charge < -0.3 is 20.1 Å². The molecule has 1 unspecified atom stereocenters. The number of alkyl halides is 3. The first-order valence-electron chi connectivity index (χ1n) is 7.81. The molecule has 0 radical (unpaired) electrons. The van der Waals surface area contributed by atoms with Crippen LogP contribution in [0.25, 0.3) is 0 Å². The molecule has 0 aromatic heterocycles. The number of methoxy groups -OCH3 is 1. The van der Waals surface area contributed by atoms with Crippen molar-refractivity contribution in [1.29, 1.82) is 0 Å². The molecule has 2 N–H and O–H groups in total. The number of hydrogen-bond donors (Lipinski definition) is 2. The molecule has 1 aromatic carbocycles. The lowest BCUT2D eigenvalue weighted by Gasteiger charge is -2.22. The third kappa shape index (κ3) is 7.86. The summed E-state index contributed by atoms with van der Waals surface area (Å²) in [6.07, 6.45) is -4.36. The van der Waals surface area contributed by atoms with E-state index in [-0.39, 0.29) is 47.8 Å². The predicted octanol–water partition coefficient (Wildman–Crippen LogP) is 2.87. The zero-order valence-electron chi connectivity index (χ0n) is 14.4. The van der Waals surface area contributed by atoms with Crippen LogP contribution < -0.4 is 15.4 Å². The lowest BCUT2D eigenvalue weighted by Crippen LogP contribution is -2.39. The van der Waals surface area contributed by atoms with Crippen molar-refractivity contribution in [3.63, 3.8) is 0 Å². The van der Waals surface area contributed by atoms with E-state index in [0.29, 0.717) is 0 Å². The van der Waals surface area contributed by atoms with Gasteiger partial charge in [-0.05, 0) is 18.2 Å². The minimum atomic E-state index is -4.55. The Morgan fingerprint density at radius 2 is 2.11 bits per heavy atom. The van der Waals surface area contributed by atoms with Crippen LogP contribution in [-0.2, 0) is 9.53 Å². The Morgan fingerprint density at radius 3 is 2.70 bits per heavy atom. The number of carbonyl (C=O) groups excluding carboxylic acids is 2. The molecule has 0 saturated carbocycles. The van der Waals surface area contributed by atoms with Crippen molar-refractivity contribution in [2.24, 2.45) is 0 Å². The van der Waals surface area contributed by atoms with Crippen molar-refractivity contribution in [2.45, 2.75) is 18.6 Å². The first kappa shape index (κ1) is 23.4. The van der Waals surface area contributed by atoms with Gasteiger partial charge in [0.05, 0.1) is 18.4 Å². The summed E-state index contributed by atoms with van der Waals surface area (Å²) >= 11 is 1.73. The van der Waals surface area contributed by atoms with Crippen LogP contribution in [0, 0.1) is 0 Å². The van der Waals surface area contributed by atoms with Gasteiger partial charge in [-0.2, -0.15) is 24.9 Å². The Bertz CT molecular complexity index is 655. The first-order valence-corrected chi connectivity index (χ1v) is 8.97. The Kier molecular flexibility index (Phi) is 9.20. The Morgan fingerprint density at radius 1 is 1.37 bits per heavy atom. The van der Waals surface area contributed by atoms with E-state index in [9.17, 15) is 22.8 Å². The summed E-state index contributed by atoms with van der Waals surface area (Å²) in [5, 5.41) is 5.75. The van der Waals surface area contributed by atoms with Gasteiger partial charge in [0.2, 0.25) is 5.91 Å². The highest BCUT2D eigenvalue weighted by Crippen LogP contribution is 2.29. The van der Waals surface area contributed by atoms with E-state index < -0.39 is 18.8 Å². The number of nitrogens with one attached hydrogen (secondary N) is 2. The molecule has 0 aliphatic carbocycles. The van der Waals surface area contributed by atoms with Crippen LogP contribution in [0.5, 0.6) is 5.75 Å². The molecule has 152 valence electrons. The number of amides is 1. The second-order valence-corrected chi connectivity index (χ2v) is 6.73. The summed E-state index contributed by atoms with van der Waals surface area (Å²) in [6.45, 7) is -0.738. The molecule has 27 heavy (non-hydrogen) atoms. The maximum absolute atomic E-state index is 12.5. The normalized spacial score (nSPS) is 16.8. The first-order chi connectivity index (χ1) is 12.3. The lowest BCUT2D eigenvalue weighted by atomic mass is 10.1. The van der Waals surface area contributed by atoms with E-state index in [1.54, 1.807) is 11.8 Å². The molecule has 1 heterocycles. The van der Waals surface area contributed by atoms with Crippen molar-refractivity contribution < 1.29 is 32.2 Å². The second-order valence-electron chi connectivity index (χ2n) is 5.58. The van der Waals surface area contributed by atoms with Crippen molar-refractivity contribution in [2.75, 3.05) is 37.1 Å². The molecule has 1 saturated heterocycles. The van der Waals surface area contributed by atoms with Crippen LogP contribution in [-0.4, -0.2) is 55.9 Å². The fraction of sp³-hybridized carbons (Fsp3) is 0.500. The number of benzene rings is 1. The summed E-state index contributed by atoms with van der Waals surface area (Å²) in [5.41, 5.74) is 0.0865. The largest absolute Gasteiger partial charge is 0.482 e. The number of rotatable bonds is 6. The van der Waals surface area contributed by atoms with E-state index in [0.717, 1.165) is 31.2 Å². The highest BCUT2D eigenvalue weighted by molar-refractivity contribution is 7.99. The standard InChI is InChI=1S/C16H19F3N2O4S.ClH/c1-24-15(23)10-2-3-12(13(6-10)25-9-16(17,18)19)21-14(22)7-11-8-26-5-4-20-11;/h2-3,6,11,20H,4-5,7-9H2,1H3,(H,21,22);1H. The molecule has 1 fully saturated rings. The van der Waals surface area contributed by atoms with Crippen LogP contribution in [0.3, 0.4) is 0 Å². The van der Waals surface area contributed by atoms with E-state index in [4.69, 9.17) is 4.74 Å². The maximum Gasteiger partial charge on any atom is 0.422 e. The molecule has 0 spiro atoms. The van der Waals surface area contributed by atoms with Crippen LogP contribution in [0.4, 0.5) is 18.9 Å². The van der Waals surface area contributed by atoms with Gasteiger partial charge in [0.1, 0.15) is 5.75 Å². The number of carbonyl (C=O) groups is 2. The lowest BCUT2D eigenvalue weighted by molar-refractivity contribution is -0.153. The fourth-order valence-corrected chi connectivity index (χ4v) is 3.27. The van der Waals surface area contributed by atoms with Gasteiger partial charge >= 0.3 is 12.1 Å². The van der Waals surface area contributed by atoms with Crippen LogP contribution in [0.1, 0.15) is 16.8 Å². The quantitative estimate of drug-likeness (QED) is 0.678. The van der Waals surface area contributed by atoms with E-state index in [1.807, 2.05) is 0 Å². The van der Waals surface area contributed by atoms with Crippen molar-refractivity contribution in [1.82, 2.24) is 5.32 Å².